The van der Waals surface area contributed by atoms with Crippen molar-refractivity contribution in [1.82, 2.24) is 9.80 Å². The Morgan fingerprint density at radius 2 is 2.12 bits per heavy atom. The molecule has 138 valence electrons. The lowest BCUT2D eigenvalue weighted by Crippen LogP contribution is -2.45. The Kier molecular flexibility index (Phi) is 5.16. The molecule has 0 bridgehead atoms. The first-order valence-corrected chi connectivity index (χ1v) is 10.6. The molecule has 1 amide bonds. The fourth-order valence-electron chi connectivity index (χ4n) is 4.51. The molecule has 0 aromatic carbocycles. The van der Waals surface area contributed by atoms with Gasteiger partial charge < -0.3 is 9.64 Å². The van der Waals surface area contributed by atoms with Crippen LogP contribution in [-0.4, -0.2) is 55.1 Å². The van der Waals surface area contributed by atoms with Crippen LogP contribution in [0.25, 0.3) is 0 Å². The molecule has 1 atom stereocenters. The third kappa shape index (κ3) is 4.09. The van der Waals surface area contributed by atoms with E-state index in [9.17, 15) is 4.79 Å². The van der Waals surface area contributed by atoms with Gasteiger partial charge in [-0.1, -0.05) is 6.07 Å². The number of carbonyl (C=O) groups is 1. The van der Waals surface area contributed by atoms with Gasteiger partial charge in [0.25, 0.3) is 0 Å². The summed E-state index contributed by atoms with van der Waals surface area (Å²) in [5.74, 6) is 1.55. The Hall–Kier alpha value is -0.910. The SMILES string of the molecule is CC(=O)N1CC(COCC2CC2)C2(CCN(Cc3cccs3)CC2)C1. The summed E-state index contributed by atoms with van der Waals surface area (Å²) in [6.07, 6.45) is 5.07. The number of hydrogen-bond donors (Lipinski definition) is 0. The molecule has 2 aliphatic heterocycles. The van der Waals surface area contributed by atoms with Gasteiger partial charge >= 0.3 is 0 Å². The lowest BCUT2D eigenvalue weighted by Gasteiger charge is -2.42. The second-order valence-corrected chi connectivity index (χ2v) is 9.33. The van der Waals surface area contributed by atoms with E-state index in [4.69, 9.17) is 4.74 Å². The zero-order valence-corrected chi connectivity index (χ0v) is 16.1. The van der Waals surface area contributed by atoms with E-state index < -0.39 is 0 Å². The Bertz CT molecular complexity index is 577. The van der Waals surface area contributed by atoms with Gasteiger partial charge in [0.15, 0.2) is 0 Å². The van der Waals surface area contributed by atoms with Gasteiger partial charge in [-0.3, -0.25) is 9.69 Å². The molecule has 3 aliphatic rings. The number of likely N-dealkylation sites (tertiary alicyclic amines) is 2. The molecule has 1 spiro atoms. The quantitative estimate of drug-likeness (QED) is 0.779. The lowest BCUT2D eigenvalue weighted by atomic mass is 9.71. The standard InChI is InChI=1S/C20H30N2O2S/c1-16(23)22-11-18(14-24-13-17-4-5-17)20(15-22)6-8-21(9-7-20)12-19-3-2-10-25-19/h2-3,10,17-18H,4-9,11-15H2,1H3. The first kappa shape index (κ1) is 17.5. The number of hydrogen-bond acceptors (Lipinski definition) is 4. The van der Waals surface area contributed by atoms with E-state index in [-0.39, 0.29) is 11.3 Å². The van der Waals surface area contributed by atoms with Crippen molar-refractivity contribution < 1.29 is 9.53 Å². The molecule has 25 heavy (non-hydrogen) atoms. The predicted molar refractivity (Wildman–Crippen MR) is 101 cm³/mol. The van der Waals surface area contributed by atoms with Crippen LogP contribution in [0.15, 0.2) is 17.5 Å². The number of thiophene rings is 1. The van der Waals surface area contributed by atoms with E-state index in [1.54, 1.807) is 6.92 Å². The van der Waals surface area contributed by atoms with E-state index in [2.05, 4.69) is 27.3 Å². The first-order chi connectivity index (χ1) is 12.1. The minimum Gasteiger partial charge on any atom is -0.381 e. The molecule has 3 fully saturated rings. The summed E-state index contributed by atoms with van der Waals surface area (Å²) in [6.45, 7) is 8.67. The van der Waals surface area contributed by atoms with E-state index in [0.29, 0.717) is 5.92 Å². The lowest BCUT2D eigenvalue weighted by molar-refractivity contribution is -0.128. The van der Waals surface area contributed by atoms with Gasteiger partial charge in [-0.25, -0.2) is 0 Å². The highest BCUT2D eigenvalue weighted by molar-refractivity contribution is 7.09. The predicted octanol–water partition coefficient (Wildman–Crippen LogP) is 3.24. The minimum absolute atomic E-state index is 0.227. The highest BCUT2D eigenvalue weighted by atomic mass is 32.1. The van der Waals surface area contributed by atoms with Crippen LogP contribution in [0.5, 0.6) is 0 Å². The molecule has 0 N–H and O–H groups in total. The second-order valence-electron chi connectivity index (χ2n) is 8.30. The van der Waals surface area contributed by atoms with Crippen LogP contribution in [0.1, 0.15) is 37.5 Å². The van der Waals surface area contributed by atoms with E-state index in [1.165, 1.54) is 30.6 Å². The topological polar surface area (TPSA) is 32.8 Å². The van der Waals surface area contributed by atoms with Crippen molar-refractivity contribution in [2.75, 3.05) is 39.4 Å². The molecular formula is C20H30N2O2S. The highest BCUT2D eigenvalue weighted by Crippen LogP contribution is 2.45. The van der Waals surface area contributed by atoms with E-state index >= 15 is 0 Å². The van der Waals surface area contributed by atoms with Crippen molar-refractivity contribution in [2.24, 2.45) is 17.3 Å². The van der Waals surface area contributed by atoms with Crippen LogP contribution in [0.4, 0.5) is 0 Å². The summed E-state index contributed by atoms with van der Waals surface area (Å²) in [4.78, 5) is 18.1. The van der Waals surface area contributed by atoms with Crippen LogP contribution in [-0.2, 0) is 16.1 Å². The molecule has 2 saturated heterocycles. The fraction of sp³-hybridized carbons (Fsp3) is 0.750. The van der Waals surface area contributed by atoms with E-state index in [1.807, 2.05) is 11.3 Å². The maximum atomic E-state index is 12.0. The summed E-state index contributed by atoms with van der Waals surface area (Å²) in [7, 11) is 0. The maximum Gasteiger partial charge on any atom is 0.219 e. The molecule has 1 aromatic heterocycles. The van der Waals surface area contributed by atoms with Crippen LogP contribution in [0, 0.1) is 17.3 Å². The average Bonchev–Trinajstić information content (AvgIpc) is 3.15. The second kappa shape index (κ2) is 7.37. The van der Waals surface area contributed by atoms with Gasteiger partial charge in [0.2, 0.25) is 5.91 Å². The van der Waals surface area contributed by atoms with Crippen LogP contribution >= 0.6 is 11.3 Å². The van der Waals surface area contributed by atoms with Crippen LogP contribution < -0.4 is 0 Å². The number of amides is 1. The van der Waals surface area contributed by atoms with Gasteiger partial charge in [-0.15, -0.1) is 11.3 Å². The zero-order valence-electron chi connectivity index (χ0n) is 15.3. The minimum atomic E-state index is 0.227. The van der Waals surface area contributed by atoms with Crippen molar-refractivity contribution in [2.45, 2.75) is 39.2 Å². The molecule has 1 saturated carbocycles. The molecule has 4 nitrogen and oxygen atoms in total. The van der Waals surface area contributed by atoms with Crippen molar-refractivity contribution in [3.8, 4) is 0 Å². The number of rotatable bonds is 6. The Balaban J connectivity index is 1.36. The molecule has 0 radical (unpaired) electrons. The van der Waals surface area contributed by atoms with Gasteiger partial charge in [-0.05, 0) is 61.6 Å². The molecule has 1 aromatic rings. The Morgan fingerprint density at radius 3 is 2.76 bits per heavy atom. The number of piperidine rings is 1. The van der Waals surface area contributed by atoms with Crippen molar-refractivity contribution in [3.05, 3.63) is 22.4 Å². The summed E-state index contributed by atoms with van der Waals surface area (Å²) >= 11 is 1.85. The van der Waals surface area contributed by atoms with Gasteiger partial charge in [0.1, 0.15) is 0 Å². The smallest absolute Gasteiger partial charge is 0.219 e. The molecule has 4 rings (SSSR count). The van der Waals surface area contributed by atoms with Crippen LogP contribution in [0.2, 0.25) is 0 Å². The molecule has 5 heteroatoms. The Labute approximate surface area is 155 Å². The zero-order chi connectivity index (χ0) is 17.3. The molecule has 3 heterocycles. The fourth-order valence-corrected chi connectivity index (χ4v) is 5.26. The van der Waals surface area contributed by atoms with Crippen LogP contribution in [0.3, 0.4) is 0 Å². The summed E-state index contributed by atoms with van der Waals surface area (Å²) in [5, 5.41) is 2.16. The summed E-state index contributed by atoms with van der Waals surface area (Å²) in [6, 6.07) is 4.37. The third-order valence-electron chi connectivity index (χ3n) is 6.44. The van der Waals surface area contributed by atoms with Gasteiger partial charge in [0, 0.05) is 44.0 Å². The number of nitrogens with zero attached hydrogens (tertiary/aromatic N) is 2. The monoisotopic (exact) mass is 362 g/mol. The Morgan fingerprint density at radius 1 is 1.32 bits per heavy atom. The van der Waals surface area contributed by atoms with Crippen molar-refractivity contribution >= 4 is 17.2 Å². The molecule has 1 unspecified atom stereocenters. The normalized spacial score (nSPS) is 26.4. The summed E-state index contributed by atoms with van der Waals surface area (Å²) < 4.78 is 6.06. The van der Waals surface area contributed by atoms with Crippen molar-refractivity contribution in [3.63, 3.8) is 0 Å². The molecular weight excluding hydrogens is 332 g/mol. The first-order valence-electron chi connectivity index (χ1n) is 9.73. The third-order valence-corrected chi connectivity index (χ3v) is 7.30. The number of carbonyl (C=O) groups excluding carboxylic acids is 1. The largest absolute Gasteiger partial charge is 0.381 e. The number of ether oxygens (including phenoxy) is 1. The maximum absolute atomic E-state index is 12.0. The molecule has 1 aliphatic carbocycles. The van der Waals surface area contributed by atoms with Crippen molar-refractivity contribution in [1.29, 1.82) is 0 Å². The van der Waals surface area contributed by atoms with Gasteiger partial charge in [0.05, 0.1) is 6.61 Å². The van der Waals surface area contributed by atoms with Gasteiger partial charge in [-0.2, -0.15) is 0 Å². The highest BCUT2D eigenvalue weighted by Gasteiger charge is 2.48. The van der Waals surface area contributed by atoms with E-state index in [0.717, 1.165) is 51.9 Å². The summed E-state index contributed by atoms with van der Waals surface area (Å²) in [5.41, 5.74) is 0.279. The average molecular weight is 363 g/mol.